The molecule has 5 heteroatoms. The van der Waals surface area contributed by atoms with Gasteiger partial charge in [-0.15, -0.1) is 10.2 Å². The van der Waals surface area contributed by atoms with E-state index in [1.807, 2.05) is 24.3 Å². The van der Waals surface area contributed by atoms with Gasteiger partial charge in [-0.25, -0.2) is 0 Å². The Kier molecular flexibility index (Phi) is 6.31. The summed E-state index contributed by atoms with van der Waals surface area (Å²) in [5, 5.41) is 9.85. The Labute approximate surface area is 137 Å². The number of thioether (sulfide) groups is 1. The first-order valence-electron chi connectivity index (χ1n) is 7.86. The van der Waals surface area contributed by atoms with E-state index in [0.29, 0.717) is 5.92 Å². The zero-order valence-corrected chi connectivity index (χ0v) is 14.7. The zero-order chi connectivity index (χ0) is 15.9. The van der Waals surface area contributed by atoms with E-state index in [-0.39, 0.29) is 0 Å². The average Bonchev–Trinajstić information content (AvgIpc) is 2.93. The van der Waals surface area contributed by atoms with Crippen molar-refractivity contribution in [3.05, 3.63) is 24.3 Å². The molecule has 0 saturated carbocycles. The molecule has 1 aromatic carbocycles. The maximum Gasteiger partial charge on any atom is 0.191 e. The lowest BCUT2D eigenvalue weighted by molar-refractivity contribution is 0.415. The number of unbranched alkanes of at least 4 members (excludes halogenated alkanes) is 1. The minimum Gasteiger partial charge on any atom is -0.497 e. The highest BCUT2D eigenvalue weighted by Gasteiger charge is 2.14. The fraction of sp³-hybridized carbons (Fsp3) is 0.529. The molecule has 0 unspecified atom stereocenters. The second-order valence-corrected chi connectivity index (χ2v) is 6.73. The smallest absolute Gasteiger partial charge is 0.191 e. The summed E-state index contributed by atoms with van der Waals surface area (Å²) in [7, 11) is 1.68. The van der Waals surface area contributed by atoms with Crippen LogP contribution in [0.25, 0.3) is 11.4 Å². The molecule has 0 aliphatic rings. The molecule has 0 fully saturated rings. The standard InChI is InChI=1S/C17H25N3OS/c1-5-6-11-20-16(14-7-9-15(21-4)10-8-14)18-19-17(20)22-12-13(2)3/h7-10,13H,5-6,11-12H2,1-4H3. The van der Waals surface area contributed by atoms with E-state index in [2.05, 4.69) is 35.5 Å². The van der Waals surface area contributed by atoms with Crippen molar-refractivity contribution in [1.82, 2.24) is 14.8 Å². The van der Waals surface area contributed by atoms with Crippen LogP contribution in [0.3, 0.4) is 0 Å². The quantitative estimate of drug-likeness (QED) is 0.672. The Morgan fingerprint density at radius 3 is 2.50 bits per heavy atom. The Hall–Kier alpha value is -1.49. The van der Waals surface area contributed by atoms with Gasteiger partial charge in [-0.2, -0.15) is 0 Å². The van der Waals surface area contributed by atoms with Crippen LogP contribution in [0.4, 0.5) is 0 Å². The van der Waals surface area contributed by atoms with Crippen LogP contribution in [-0.2, 0) is 6.54 Å². The van der Waals surface area contributed by atoms with Gasteiger partial charge in [0.25, 0.3) is 0 Å². The van der Waals surface area contributed by atoms with Crippen molar-refractivity contribution in [2.75, 3.05) is 12.9 Å². The molecular formula is C17H25N3OS. The van der Waals surface area contributed by atoms with Crippen LogP contribution in [0, 0.1) is 5.92 Å². The van der Waals surface area contributed by atoms with Crippen molar-refractivity contribution in [1.29, 1.82) is 0 Å². The highest BCUT2D eigenvalue weighted by atomic mass is 32.2. The Morgan fingerprint density at radius 1 is 1.18 bits per heavy atom. The minimum atomic E-state index is 0.644. The lowest BCUT2D eigenvalue weighted by atomic mass is 10.2. The molecule has 1 aromatic heterocycles. The molecule has 0 atom stereocenters. The van der Waals surface area contributed by atoms with Gasteiger partial charge >= 0.3 is 0 Å². The van der Waals surface area contributed by atoms with Crippen LogP contribution >= 0.6 is 11.8 Å². The predicted molar refractivity (Wildman–Crippen MR) is 92.5 cm³/mol. The molecule has 1 heterocycles. The van der Waals surface area contributed by atoms with E-state index in [4.69, 9.17) is 4.74 Å². The largest absolute Gasteiger partial charge is 0.497 e. The molecule has 0 saturated heterocycles. The number of ether oxygens (including phenoxy) is 1. The molecule has 0 bridgehead atoms. The third kappa shape index (κ3) is 4.26. The summed E-state index contributed by atoms with van der Waals surface area (Å²) in [4.78, 5) is 0. The number of aromatic nitrogens is 3. The summed E-state index contributed by atoms with van der Waals surface area (Å²) in [6.07, 6.45) is 2.30. The molecule has 0 amide bonds. The Bertz CT molecular complexity index is 578. The molecule has 0 N–H and O–H groups in total. The fourth-order valence-electron chi connectivity index (χ4n) is 2.11. The predicted octanol–water partition coefficient (Wildman–Crippen LogP) is 4.50. The maximum atomic E-state index is 5.22. The number of nitrogens with zero attached hydrogens (tertiary/aromatic N) is 3. The second-order valence-electron chi connectivity index (χ2n) is 5.74. The first-order valence-corrected chi connectivity index (χ1v) is 8.84. The van der Waals surface area contributed by atoms with E-state index in [1.54, 1.807) is 18.9 Å². The van der Waals surface area contributed by atoms with Gasteiger partial charge in [0.1, 0.15) is 5.75 Å². The lowest BCUT2D eigenvalue weighted by Gasteiger charge is -2.10. The molecule has 0 aliphatic carbocycles. The van der Waals surface area contributed by atoms with Crippen molar-refractivity contribution in [3.63, 3.8) is 0 Å². The monoisotopic (exact) mass is 319 g/mol. The van der Waals surface area contributed by atoms with Gasteiger partial charge in [0.2, 0.25) is 0 Å². The van der Waals surface area contributed by atoms with Crippen molar-refractivity contribution >= 4 is 11.8 Å². The first-order chi connectivity index (χ1) is 10.7. The minimum absolute atomic E-state index is 0.644. The van der Waals surface area contributed by atoms with E-state index >= 15 is 0 Å². The van der Waals surface area contributed by atoms with Gasteiger partial charge in [-0.1, -0.05) is 39.0 Å². The first kappa shape index (κ1) is 16.9. The molecule has 120 valence electrons. The summed E-state index contributed by atoms with van der Waals surface area (Å²) >= 11 is 1.79. The summed E-state index contributed by atoms with van der Waals surface area (Å²) in [6, 6.07) is 8.02. The van der Waals surface area contributed by atoms with Crippen LogP contribution < -0.4 is 4.74 Å². The Balaban J connectivity index is 2.28. The van der Waals surface area contributed by atoms with Crippen LogP contribution in [0.2, 0.25) is 0 Å². The van der Waals surface area contributed by atoms with Crippen molar-refractivity contribution < 1.29 is 4.74 Å². The molecule has 4 nitrogen and oxygen atoms in total. The van der Waals surface area contributed by atoms with Crippen molar-refractivity contribution in [3.8, 4) is 17.1 Å². The Morgan fingerprint density at radius 2 is 1.91 bits per heavy atom. The third-order valence-corrected chi connectivity index (χ3v) is 4.74. The average molecular weight is 319 g/mol. The van der Waals surface area contributed by atoms with E-state index in [9.17, 15) is 0 Å². The van der Waals surface area contributed by atoms with Crippen molar-refractivity contribution in [2.45, 2.75) is 45.3 Å². The van der Waals surface area contributed by atoms with Gasteiger partial charge in [0, 0.05) is 17.9 Å². The molecule has 22 heavy (non-hydrogen) atoms. The van der Waals surface area contributed by atoms with Crippen LogP contribution in [0.1, 0.15) is 33.6 Å². The van der Waals surface area contributed by atoms with E-state index in [1.165, 1.54) is 0 Å². The highest BCUT2D eigenvalue weighted by molar-refractivity contribution is 7.99. The molecule has 2 rings (SSSR count). The van der Waals surface area contributed by atoms with Crippen molar-refractivity contribution in [2.24, 2.45) is 5.92 Å². The number of hydrogen-bond donors (Lipinski definition) is 0. The normalized spacial score (nSPS) is 11.1. The van der Waals surface area contributed by atoms with Gasteiger partial charge in [0.15, 0.2) is 11.0 Å². The second kappa shape index (κ2) is 8.22. The molecule has 0 spiro atoms. The van der Waals surface area contributed by atoms with Gasteiger partial charge in [-0.05, 0) is 36.6 Å². The highest BCUT2D eigenvalue weighted by Crippen LogP contribution is 2.27. The van der Waals surface area contributed by atoms with E-state index < -0.39 is 0 Å². The topological polar surface area (TPSA) is 39.9 Å². The van der Waals surface area contributed by atoms with Crippen LogP contribution in [0.5, 0.6) is 5.75 Å². The molecule has 0 radical (unpaired) electrons. The number of hydrogen-bond acceptors (Lipinski definition) is 4. The summed E-state index contributed by atoms with van der Waals surface area (Å²) in [6.45, 7) is 7.62. The molecule has 2 aromatic rings. The summed E-state index contributed by atoms with van der Waals surface area (Å²) < 4.78 is 7.47. The fourth-order valence-corrected chi connectivity index (χ4v) is 3.02. The van der Waals surface area contributed by atoms with Crippen LogP contribution in [-0.4, -0.2) is 27.6 Å². The molecule has 0 aliphatic heterocycles. The summed E-state index contributed by atoms with van der Waals surface area (Å²) in [5.41, 5.74) is 1.08. The number of methoxy groups -OCH3 is 1. The number of rotatable bonds is 8. The zero-order valence-electron chi connectivity index (χ0n) is 13.9. The maximum absolute atomic E-state index is 5.22. The lowest BCUT2D eigenvalue weighted by Crippen LogP contribution is -2.03. The van der Waals surface area contributed by atoms with Gasteiger partial charge < -0.3 is 9.30 Å². The SMILES string of the molecule is CCCCn1c(SCC(C)C)nnc1-c1ccc(OC)cc1. The summed E-state index contributed by atoms with van der Waals surface area (Å²) in [5.74, 6) is 3.51. The molecular weight excluding hydrogens is 294 g/mol. The van der Waals surface area contributed by atoms with Gasteiger partial charge in [0.05, 0.1) is 7.11 Å². The third-order valence-electron chi connectivity index (χ3n) is 3.35. The number of benzene rings is 1. The van der Waals surface area contributed by atoms with Crippen LogP contribution in [0.15, 0.2) is 29.4 Å². The van der Waals surface area contributed by atoms with Gasteiger partial charge in [-0.3, -0.25) is 0 Å². The van der Waals surface area contributed by atoms with E-state index in [0.717, 1.165) is 47.4 Å².